The number of fused-ring (bicyclic) bond motifs is 1. The molecule has 6 heteroatoms. The Morgan fingerprint density at radius 1 is 0.967 bits per heavy atom. The first kappa shape index (κ1) is 24.1. The van der Waals surface area contributed by atoms with Gasteiger partial charge in [0.25, 0.3) is 0 Å². The molecule has 164 valence electrons. The highest BCUT2D eigenvalue weighted by Gasteiger charge is 2.21. The lowest BCUT2D eigenvalue weighted by molar-refractivity contribution is 0.123. The van der Waals surface area contributed by atoms with E-state index in [0.29, 0.717) is 0 Å². The molecule has 5 nitrogen and oxygen atoms in total. The van der Waals surface area contributed by atoms with Crippen molar-refractivity contribution in [1.82, 2.24) is 8.96 Å². The number of rotatable bonds is 3. The third-order valence-corrected chi connectivity index (χ3v) is 6.09. The molecule has 1 fully saturated rings. The molecule has 1 aliphatic heterocycles. The summed E-state index contributed by atoms with van der Waals surface area (Å²) in [6.07, 6.45) is 1.96. The van der Waals surface area contributed by atoms with Gasteiger partial charge in [-0.15, -0.1) is 0 Å². The van der Waals surface area contributed by atoms with Gasteiger partial charge in [0.1, 0.15) is 0 Å². The molecule has 0 amide bonds. The molecule has 0 aliphatic carbocycles. The van der Waals surface area contributed by atoms with Crippen LogP contribution in [-0.4, -0.2) is 39.5 Å². The average Bonchev–Trinajstić information content (AvgIpc) is 3.12. The lowest BCUT2D eigenvalue weighted by atomic mass is 10.1. The van der Waals surface area contributed by atoms with Gasteiger partial charge in [0, 0.05) is 30.4 Å². The molecule has 1 unspecified atom stereocenters. The summed E-state index contributed by atoms with van der Waals surface area (Å²) in [7, 11) is -1.32. The van der Waals surface area contributed by atoms with E-state index >= 15 is 0 Å². The van der Waals surface area contributed by atoms with E-state index in [4.69, 9.17) is 9.72 Å². The number of anilines is 1. The van der Waals surface area contributed by atoms with Crippen LogP contribution in [0.5, 0.6) is 0 Å². The normalized spacial score (nSPS) is 14.4. The van der Waals surface area contributed by atoms with Crippen LogP contribution in [0.25, 0.3) is 11.0 Å². The Balaban J connectivity index is 0.000000757. The number of hydrogen-bond acceptors (Lipinski definition) is 4. The molecule has 0 bridgehead atoms. The summed E-state index contributed by atoms with van der Waals surface area (Å²) >= 11 is 0. The quantitative estimate of drug-likeness (QED) is 0.558. The maximum atomic E-state index is 13.2. The predicted octanol–water partition coefficient (Wildman–Crippen LogP) is 5.42. The Morgan fingerprint density at radius 3 is 2.17 bits per heavy atom. The highest BCUT2D eigenvalue weighted by atomic mass is 32.2. The van der Waals surface area contributed by atoms with Gasteiger partial charge in [0.15, 0.2) is 16.6 Å². The topological polar surface area (TPSA) is 47.4 Å². The minimum Gasteiger partial charge on any atom is -0.378 e. The molecule has 30 heavy (non-hydrogen) atoms. The lowest BCUT2D eigenvalue weighted by Gasteiger charge is -2.29. The Bertz CT molecular complexity index is 974. The van der Waals surface area contributed by atoms with Crippen molar-refractivity contribution < 1.29 is 8.95 Å². The molecule has 3 aromatic rings. The van der Waals surface area contributed by atoms with Crippen LogP contribution in [0.1, 0.15) is 44.5 Å². The zero-order chi connectivity index (χ0) is 22.3. The molecule has 2 aromatic heterocycles. The number of ether oxygens (including phenoxy) is 1. The molecule has 3 heterocycles. The van der Waals surface area contributed by atoms with Gasteiger partial charge in [-0.05, 0) is 44.5 Å². The first-order chi connectivity index (χ1) is 14.5. The average molecular weight is 430 g/mol. The number of aromatic nitrogens is 2. The van der Waals surface area contributed by atoms with E-state index in [1.54, 1.807) is 3.97 Å². The van der Waals surface area contributed by atoms with E-state index in [-0.39, 0.29) is 0 Å². The van der Waals surface area contributed by atoms with Crippen molar-refractivity contribution >= 4 is 27.7 Å². The van der Waals surface area contributed by atoms with E-state index in [2.05, 4.69) is 17.9 Å². The smallest absolute Gasteiger partial charge is 0.158 e. The highest BCUT2D eigenvalue weighted by Crippen LogP contribution is 2.32. The standard InChI is InChI=1S/C20H23N3O2S.2C2H6/c1-14-4-6-17(7-5-14)26(24)23-13-15(2)19-18(12-16(3)21-20(19)23)22-8-10-25-11-9-22;2*1-2/h4-7,12-13H,8-11H2,1-3H3;2*1-2H3. The lowest BCUT2D eigenvalue weighted by Crippen LogP contribution is -2.36. The monoisotopic (exact) mass is 429 g/mol. The van der Waals surface area contributed by atoms with E-state index in [9.17, 15) is 4.21 Å². The largest absolute Gasteiger partial charge is 0.378 e. The van der Waals surface area contributed by atoms with Gasteiger partial charge in [0.05, 0.1) is 23.8 Å². The van der Waals surface area contributed by atoms with Crippen molar-refractivity contribution in [3.8, 4) is 0 Å². The van der Waals surface area contributed by atoms with Gasteiger partial charge < -0.3 is 9.64 Å². The Labute approximate surface area is 183 Å². The van der Waals surface area contributed by atoms with Crippen LogP contribution in [-0.2, 0) is 15.7 Å². The molecule has 1 saturated heterocycles. The molecule has 1 aliphatic rings. The molecular formula is C24H35N3O2S. The van der Waals surface area contributed by atoms with Gasteiger partial charge in [-0.2, -0.15) is 0 Å². The second kappa shape index (κ2) is 11.3. The highest BCUT2D eigenvalue weighted by molar-refractivity contribution is 7.83. The molecule has 1 atom stereocenters. The number of pyridine rings is 1. The summed E-state index contributed by atoms with van der Waals surface area (Å²) in [5.74, 6) is 0. The summed E-state index contributed by atoms with van der Waals surface area (Å²) in [5.41, 5.74) is 5.12. The summed E-state index contributed by atoms with van der Waals surface area (Å²) in [5, 5.41) is 1.08. The Morgan fingerprint density at radius 2 is 1.57 bits per heavy atom. The van der Waals surface area contributed by atoms with Crippen LogP contribution < -0.4 is 4.90 Å². The summed E-state index contributed by atoms with van der Waals surface area (Å²) in [6.45, 7) is 17.3. The number of morpholine rings is 1. The Hall–Kier alpha value is -2.18. The molecule has 0 N–H and O–H groups in total. The maximum Gasteiger partial charge on any atom is 0.158 e. The van der Waals surface area contributed by atoms with Crippen LogP contribution in [0.15, 0.2) is 41.4 Å². The van der Waals surface area contributed by atoms with Crippen molar-refractivity contribution in [3.05, 3.63) is 53.3 Å². The summed E-state index contributed by atoms with van der Waals surface area (Å²) < 4.78 is 20.5. The number of benzene rings is 1. The van der Waals surface area contributed by atoms with Crippen molar-refractivity contribution in [2.75, 3.05) is 31.2 Å². The molecule has 4 rings (SSSR count). The fraction of sp³-hybridized carbons (Fsp3) is 0.458. The van der Waals surface area contributed by atoms with E-state index < -0.39 is 11.0 Å². The van der Waals surface area contributed by atoms with E-state index in [1.807, 2.05) is 72.0 Å². The zero-order valence-electron chi connectivity index (χ0n) is 19.4. The molecule has 0 spiro atoms. The van der Waals surface area contributed by atoms with Gasteiger partial charge in [-0.25, -0.2) is 13.2 Å². The van der Waals surface area contributed by atoms with E-state index in [1.165, 1.54) is 0 Å². The first-order valence-corrected chi connectivity index (χ1v) is 12.0. The van der Waals surface area contributed by atoms with Gasteiger partial charge >= 0.3 is 0 Å². The van der Waals surface area contributed by atoms with Crippen molar-refractivity contribution in [3.63, 3.8) is 0 Å². The van der Waals surface area contributed by atoms with Crippen LogP contribution in [0, 0.1) is 20.8 Å². The third-order valence-electron chi connectivity index (χ3n) is 4.77. The molecule has 0 saturated carbocycles. The fourth-order valence-corrected chi connectivity index (χ4v) is 4.57. The number of hydrogen-bond donors (Lipinski definition) is 0. The third kappa shape index (κ3) is 5.10. The first-order valence-electron chi connectivity index (χ1n) is 10.9. The van der Waals surface area contributed by atoms with E-state index in [0.717, 1.165) is 64.7 Å². The SMILES string of the molecule is CC.CC.Cc1ccc(S(=O)n2cc(C)c3c(N4CCOCC4)cc(C)nc32)cc1. The predicted molar refractivity (Wildman–Crippen MR) is 128 cm³/mol. The van der Waals surface area contributed by atoms with Gasteiger partial charge in [-0.1, -0.05) is 45.4 Å². The van der Waals surface area contributed by atoms with Gasteiger partial charge in [-0.3, -0.25) is 0 Å². The Kier molecular flexibility index (Phi) is 9.06. The minimum atomic E-state index is -1.32. The fourth-order valence-electron chi connectivity index (χ4n) is 3.43. The second-order valence-electron chi connectivity index (χ2n) is 6.78. The zero-order valence-corrected chi connectivity index (χ0v) is 20.2. The van der Waals surface area contributed by atoms with Crippen LogP contribution in [0.3, 0.4) is 0 Å². The summed E-state index contributed by atoms with van der Waals surface area (Å²) in [6, 6.07) is 9.95. The van der Waals surface area contributed by atoms with Crippen molar-refractivity contribution in [2.45, 2.75) is 53.4 Å². The summed E-state index contributed by atoms with van der Waals surface area (Å²) in [4.78, 5) is 7.85. The molecule has 1 aromatic carbocycles. The maximum absolute atomic E-state index is 13.2. The second-order valence-corrected chi connectivity index (χ2v) is 8.14. The number of nitrogens with zero attached hydrogens (tertiary/aromatic N) is 3. The van der Waals surface area contributed by atoms with Crippen molar-refractivity contribution in [2.24, 2.45) is 0 Å². The van der Waals surface area contributed by atoms with Crippen LogP contribution >= 0.6 is 0 Å². The molecule has 0 radical (unpaired) electrons. The van der Waals surface area contributed by atoms with Crippen LogP contribution in [0.4, 0.5) is 5.69 Å². The number of aryl methyl sites for hydroxylation is 3. The van der Waals surface area contributed by atoms with Gasteiger partial charge in [0.2, 0.25) is 0 Å². The van der Waals surface area contributed by atoms with Crippen LogP contribution in [0.2, 0.25) is 0 Å². The minimum absolute atomic E-state index is 0.734. The molecular weight excluding hydrogens is 394 g/mol. The van der Waals surface area contributed by atoms with Crippen molar-refractivity contribution in [1.29, 1.82) is 0 Å².